The number of hydrogen-bond donors (Lipinski definition) is 4. The molecule has 208 valence electrons. The number of nitro benzene ring substituents is 1. The molecule has 18 heteroatoms. The highest BCUT2D eigenvalue weighted by molar-refractivity contribution is 8.00. The van der Waals surface area contributed by atoms with Crippen molar-refractivity contribution in [1.82, 2.24) is 15.2 Å². The van der Waals surface area contributed by atoms with Gasteiger partial charge in [-0.2, -0.15) is 0 Å². The molecule has 2 aliphatic heterocycles. The second-order valence-corrected chi connectivity index (χ2v) is 9.91. The Kier molecular flexibility index (Phi) is 8.29. The summed E-state index contributed by atoms with van der Waals surface area (Å²) in [5.41, 5.74) is 6.04. The SMILES string of the molecule is Nc1nc(C(=NOCC(=O)O)C(=O)NC2C(=O)N3C(OC(=O)O)=C(C=Cc4ccc([N+](=O)[O-])cc4)CS[C@@H]23)cs1. The van der Waals surface area contributed by atoms with Crippen LogP contribution in [0.1, 0.15) is 11.3 Å². The molecule has 1 aromatic carbocycles. The molecule has 0 radical (unpaired) electrons. The molecule has 2 aromatic rings. The first-order valence-electron chi connectivity index (χ1n) is 11.0. The maximum Gasteiger partial charge on any atom is 0.512 e. The third-order valence-electron chi connectivity index (χ3n) is 5.32. The number of rotatable bonds is 10. The number of anilines is 1. The number of nitrogens with two attached hydrogens (primary N) is 1. The minimum Gasteiger partial charge on any atom is -0.479 e. The molecular formula is C22H18N6O10S2. The molecule has 5 N–H and O–H groups in total. The van der Waals surface area contributed by atoms with Gasteiger partial charge in [0, 0.05) is 28.8 Å². The Morgan fingerprint density at radius 2 is 2.00 bits per heavy atom. The van der Waals surface area contributed by atoms with Crippen molar-refractivity contribution in [2.24, 2.45) is 5.16 Å². The van der Waals surface area contributed by atoms with Gasteiger partial charge in [0.05, 0.1) is 4.92 Å². The Balaban J connectivity index is 1.53. The number of carbonyl (C=O) groups is 4. The summed E-state index contributed by atoms with van der Waals surface area (Å²) in [6.07, 6.45) is 1.45. The van der Waals surface area contributed by atoms with Gasteiger partial charge >= 0.3 is 12.1 Å². The Morgan fingerprint density at radius 3 is 2.60 bits per heavy atom. The zero-order chi connectivity index (χ0) is 29.0. The van der Waals surface area contributed by atoms with E-state index in [0.717, 1.165) is 16.2 Å². The number of aliphatic carboxylic acids is 1. The number of amides is 2. The number of oxime groups is 1. The number of fused-ring (bicyclic) bond motifs is 1. The summed E-state index contributed by atoms with van der Waals surface area (Å²) < 4.78 is 4.91. The zero-order valence-electron chi connectivity index (χ0n) is 20.0. The number of hydrogen-bond acceptors (Lipinski definition) is 13. The number of thioether (sulfide) groups is 1. The van der Waals surface area contributed by atoms with Gasteiger partial charge in [0.2, 0.25) is 12.5 Å². The molecule has 2 atom stereocenters. The molecule has 1 saturated heterocycles. The van der Waals surface area contributed by atoms with Crippen molar-refractivity contribution in [3.05, 3.63) is 68.5 Å². The lowest BCUT2D eigenvalue weighted by atomic mass is 10.0. The molecule has 1 fully saturated rings. The van der Waals surface area contributed by atoms with Crippen LogP contribution in [-0.4, -0.2) is 78.4 Å². The van der Waals surface area contributed by atoms with Crippen molar-refractivity contribution in [2.45, 2.75) is 11.4 Å². The van der Waals surface area contributed by atoms with E-state index >= 15 is 0 Å². The first kappa shape index (κ1) is 28.0. The Labute approximate surface area is 231 Å². The van der Waals surface area contributed by atoms with Crippen LogP contribution in [0.2, 0.25) is 0 Å². The summed E-state index contributed by atoms with van der Waals surface area (Å²) in [4.78, 5) is 68.2. The Bertz CT molecular complexity index is 1470. The number of β-lactam (4-membered cyclic amide) rings is 1. The normalized spacial score (nSPS) is 18.6. The van der Waals surface area contributed by atoms with Gasteiger partial charge in [-0.15, -0.1) is 23.1 Å². The number of thiazole rings is 1. The largest absolute Gasteiger partial charge is 0.512 e. The highest BCUT2D eigenvalue weighted by Crippen LogP contribution is 2.41. The molecule has 0 bridgehead atoms. The van der Waals surface area contributed by atoms with Crippen LogP contribution in [0.4, 0.5) is 15.6 Å². The number of allylic oxidation sites excluding steroid dienone is 1. The van der Waals surface area contributed by atoms with Gasteiger partial charge in [0.15, 0.2) is 10.8 Å². The highest BCUT2D eigenvalue weighted by atomic mass is 32.2. The van der Waals surface area contributed by atoms with E-state index < -0.39 is 52.6 Å². The number of nitrogens with zero attached hydrogens (tertiary/aromatic N) is 4. The lowest BCUT2D eigenvalue weighted by molar-refractivity contribution is -0.384. The summed E-state index contributed by atoms with van der Waals surface area (Å²) in [6, 6.07) is 4.52. The summed E-state index contributed by atoms with van der Waals surface area (Å²) in [7, 11) is 0. The first-order valence-corrected chi connectivity index (χ1v) is 12.9. The number of nitro groups is 1. The van der Waals surface area contributed by atoms with Crippen molar-refractivity contribution in [1.29, 1.82) is 0 Å². The molecule has 2 aliphatic rings. The van der Waals surface area contributed by atoms with E-state index in [4.69, 9.17) is 15.6 Å². The molecular weight excluding hydrogens is 572 g/mol. The van der Waals surface area contributed by atoms with Crippen LogP contribution in [0, 0.1) is 10.1 Å². The summed E-state index contributed by atoms with van der Waals surface area (Å²) in [5.74, 6) is -2.95. The number of ether oxygens (including phenoxy) is 1. The Morgan fingerprint density at radius 1 is 1.27 bits per heavy atom. The average molecular weight is 591 g/mol. The Hall–Kier alpha value is -4.97. The molecule has 4 rings (SSSR count). The van der Waals surface area contributed by atoms with Crippen LogP contribution in [0.15, 0.2) is 52.3 Å². The summed E-state index contributed by atoms with van der Waals surface area (Å²) >= 11 is 2.22. The molecule has 0 aliphatic carbocycles. The van der Waals surface area contributed by atoms with Crippen LogP contribution in [0.5, 0.6) is 0 Å². The van der Waals surface area contributed by atoms with E-state index in [2.05, 4.69) is 20.3 Å². The number of carboxylic acids is 1. The van der Waals surface area contributed by atoms with Crippen LogP contribution >= 0.6 is 23.1 Å². The monoisotopic (exact) mass is 590 g/mol. The van der Waals surface area contributed by atoms with Crippen LogP contribution in [-0.2, 0) is 24.0 Å². The number of carbonyl (C=O) groups excluding carboxylic acids is 2. The number of nitrogen functional groups attached to an aromatic ring is 1. The molecule has 16 nitrogen and oxygen atoms in total. The van der Waals surface area contributed by atoms with Crippen molar-refractivity contribution < 1.29 is 43.9 Å². The minimum absolute atomic E-state index is 0.00113. The lowest BCUT2D eigenvalue weighted by Gasteiger charge is -2.48. The van der Waals surface area contributed by atoms with E-state index in [1.165, 1.54) is 47.5 Å². The van der Waals surface area contributed by atoms with E-state index in [1.54, 1.807) is 6.08 Å². The second-order valence-electron chi connectivity index (χ2n) is 7.92. The fourth-order valence-corrected chi connectivity index (χ4v) is 5.40. The number of aromatic nitrogens is 1. The summed E-state index contributed by atoms with van der Waals surface area (Å²) in [5, 5.41) is 35.7. The van der Waals surface area contributed by atoms with Crippen molar-refractivity contribution in [3.8, 4) is 0 Å². The number of benzene rings is 1. The summed E-state index contributed by atoms with van der Waals surface area (Å²) in [6.45, 7) is -0.831. The number of carboxylic acid groups (broad SMARTS) is 2. The number of non-ortho nitro benzene ring substituents is 1. The second kappa shape index (κ2) is 11.8. The first-order chi connectivity index (χ1) is 19.0. The third-order valence-corrected chi connectivity index (χ3v) is 7.30. The van der Waals surface area contributed by atoms with Crippen LogP contribution in [0.25, 0.3) is 6.08 Å². The van der Waals surface area contributed by atoms with E-state index in [0.29, 0.717) is 11.1 Å². The van der Waals surface area contributed by atoms with Crippen molar-refractivity contribution in [2.75, 3.05) is 18.1 Å². The molecule has 0 saturated carbocycles. The van der Waals surface area contributed by atoms with E-state index in [9.17, 15) is 34.4 Å². The lowest BCUT2D eigenvalue weighted by Crippen LogP contribution is -2.70. The maximum atomic E-state index is 13.0. The predicted octanol–water partition coefficient (Wildman–Crippen LogP) is 1.46. The molecule has 0 spiro atoms. The predicted molar refractivity (Wildman–Crippen MR) is 140 cm³/mol. The molecule has 2 amide bonds. The zero-order valence-corrected chi connectivity index (χ0v) is 21.6. The fourth-order valence-electron chi connectivity index (χ4n) is 3.56. The van der Waals surface area contributed by atoms with Crippen LogP contribution < -0.4 is 11.1 Å². The van der Waals surface area contributed by atoms with Gasteiger partial charge in [0.1, 0.15) is 17.1 Å². The highest BCUT2D eigenvalue weighted by Gasteiger charge is 2.54. The molecule has 1 aromatic heterocycles. The van der Waals surface area contributed by atoms with Gasteiger partial charge in [-0.25, -0.2) is 14.6 Å². The fraction of sp³-hybridized carbons (Fsp3) is 0.182. The molecule has 1 unspecified atom stereocenters. The molecule has 3 heterocycles. The van der Waals surface area contributed by atoms with Gasteiger partial charge in [-0.3, -0.25) is 24.6 Å². The minimum atomic E-state index is -1.66. The van der Waals surface area contributed by atoms with Crippen molar-refractivity contribution in [3.63, 3.8) is 0 Å². The standard InChI is InChI=1S/C22H18N6O10S2/c23-21-24-13(9-40-21)15(26-37-7-14(29)30)17(31)25-16-18(32)27-19(38-22(33)34)11(8-39-20(16)27)4-1-10-2-5-12(6-3-10)28(35)36/h1-6,9,16,20H,7-8H2,(H2,23,24)(H,25,31)(H,29,30)(H,33,34)/t16?,20-/m0/s1. The topological polar surface area (TPSA) is 237 Å². The third kappa shape index (κ3) is 6.18. The van der Waals surface area contributed by atoms with Gasteiger partial charge < -0.3 is 30.8 Å². The van der Waals surface area contributed by atoms with Gasteiger partial charge in [0.25, 0.3) is 17.5 Å². The maximum absolute atomic E-state index is 13.0. The number of nitrogens with one attached hydrogen (secondary N) is 1. The van der Waals surface area contributed by atoms with Crippen molar-refractivity contribution >= 4 is 69.6 Å². The smallest absolute Gasteiger partial charge is 0.479 e. The van der Waals surface area contributed by atoms with E-state index in [-0.39, 0.29) is 28.1 Å². The van der Waals surface area contributed by atoms with Gasteiger partial charge in [-0.1, -0.05) is 17.3 Å². The van der Waals surface area contributed by atoms with Crippen LogP contribution in [0.3, 0.4) is 0 Å². The van der Waals surface area contributed by atoms with Gasteiger partial charge in [-0.05, 0) is 17.7 Å². The average Bonchev–Trinajstić information content (AvgIpc) is 3.33. The van der Waals surface area contributed by atoms with E-state index in [1.807, 2.05) is 0 Å². The molecule has 40 heavy (non-hydrogen) atoms. The quantitative estimate of drug-likeness (QED) is 0.101.